The summed E-state index contributed by atoms with van der Waals surface area (Å²) in [6, 6.07) is 0. The molecule has 1 aromatic rings. The van der Waals surface area contributed by atoms with Gasteiger partial charge >= 0.3 is 0 Å². The number of rotatable bonds is 5. The third-order valence-electron chi connectivity index (χ3n) is 3.82. The van der Waals surface area contributed by atoms with Crippen molar-refractivity contribution in [3.63, 3.8) is 0 Å². The summed E-state index contributed by atoms with van der Waals surface area (Å²) in [5.41, 5.74) is 0. The lowest BCUT2D eigenvalue weighted by Gasteiger charge is -2.33. The van der Waals surface area contributed by atoms with E-state index in [-0.39, 0.29) is 6.10 Å². The second kappa shape index (κ2) is 6.48. The van der Waals surface area contributed by atoms with Gasteiger partial charge in [0.1, 0.15) is 12.2 Å². The molecule has 2 rings (SSSR count). The number of nitrogens with zero attached hydrogens (tertiary/aromatic N) is 4. The van der Waals surface area contributed by atoms with Gasteiger partial charge in [-0.1, -0.05) is 13.8 Å². The minimum Gasteiger partial charge on any atom is -0.393 e. The van der Waals surface area contributed by atoms with Crippen molar-refractivity contribution >= 4 is 0 Å². The van der Waals surface area contributed by atoms with Gasteiger partial charge in [0.15, 0.2) is 0 Å². The van der Waals surface area contributed by atoms with Crippen LogP contribution < -0.4 is 0 Å². The number of piperidine rings is 1. The van der Waals surface area contributed by atoms with Crippen molar-refractivity contribution in [2.75, 3.05) is 13.1 Å². The Morgan fingerprint density at radius 1 is 1.42 bits per heavy atom. The third-order valence-corrected chi connectivity index (χ3v) is 3.82. The second-order valence-electron chi connectivity index (χ2n) is 6.13. The fraction of sp³-hybridized carbons (Fsp3) is 0.857. The Bertz CT molecular complexity index is 389. The summed E-state index contributed by atoms with van der Waals surface area (Å²) in [5, 5.41) is 14.0. The van der Waals surface area contributed by atoms with Gasteiger partial charge in [0.05, 0.1) is 12.6 Å². The van der Waals surface area contributed by atoms with Crippen molar-refractivity contribution in [3.8, 4) is 0 Å². The van der Waals surface area contributed by atoms with E-state index < -0.39 is 0 Å². The zero-order valence-corrected chi connectivity index (χ0v) is 12.3. The summed E-state index contributed by atoms with van der Waals surface area (Å²) in [5.74, 6) is 2.02. The van der Waals surface area contributed by atoms with Gasteiger partial charge in [-0.15, -0.1) is 0 Å². The molecule has 108 valence electrons. The standard InChI is InChI=1S/C14H26N4O/c1-11(2)7-18-14(15-10-16-18)9-17-6-4-5-13(8-17)12(3)19/h10-13,19H,4-9H2,1-3H3. The molecule has 0 aromatic carbocycles. The van der Waals surface area contributed by atoms with Gasteiger partial charge < -0.3 is 5.11 Å². The van der Waals surface area contributed by atoms with Crippen LogP contribution in [0.4, 0.5) is 0 Å². The van der Waals surface area contributed by atoms with Gasteiger partial charge in [-0.05, 0) is 38.1 Å². The highest BCUT2D eigenvalue weighted by molar-refractivity contribution is 4.87. The largest absolute Gasteiger partial charge is 0.393 e. The fourth-order valence-corrected chi connectivity index (χ4v) is 2.74. The molecule has 0 radical (unpaired) electrons. The van der Waals surface area contributed by atoms with Crippen LogP contribution in [0.25, 0.3) is 0 Å². The molecule has 2 atom stereocenters. The van der Waals surface area contributed by atoms with Crippen LogP contribution in [-0.4, -0.2) is 44.0 Å². The Morgan fingerprint density at radius 2 is 2.21 bits per heavy atom. The number of likely N-dealkylation sites (tertiary alicyclic amines) is 1. The summed E-state index contributed by atoms with van der Waals surface area (Å²) in [6.45, 7) is 10.1. The van der Waals surface area contributed by atoms with Crippen LogP contribution in [0.3, 0.4) is 0 Å². The van der Waals surface area contributed by atoms with Crippen LogP contribution in [0.2, 0.25) is 0 Å². The molecule has 19 heavy (non-hydrogen) atoms. The molecular weight excluding hydrogens is 240 g/mol. The third kappa shape index (κ3) is 4.01. The van der Waals surface area contributed by atoms with E-state index in [0.717, 1.165) is 44.8 Å². The highest BCUT2D eigenvalue weighted by atomic mass is 16.3. The summed E-state index contributed by atoms with van der Waals surface area (Å²) in [4.78, 5) is 6.77. The predicted molar refractivity (Wildman–Crippen MR) is 74.5 cm³/mol. The van der Waals surface area contributed by atoms with E-state index in [1.807, 2.05) is 11.6 Å². The Balaban J connectivity index is 1.95. The quantitative estimate of drug-likeness (QED) is 0.878. The number of hydrogen-bond donors (Lipinski definition) is 1. The monoisotopic (exact) mass is 266 g/mol. The first kappa shape index (κ1) is 14.5. The molecule has 0 aliphatic carbocycles. The van der Waals surface area contributed by atoms with Gasteiger partial charge in [-0.2, -0.15) is 5.10 Å². The van der Waals surface area contributed by atoms with Crippen molar-refractivity contribution in [2.45, 2.75) is 52.8 Å². The van der Waals surface area contributed by atoms with Crippen LogP contribution in [0.5, 0.6) is 0 Å². The average molecular weight is 266 g/mol. The van der Waals surface area contributed by atoms with Crippen molar-refractivity contribution in [1.82, 2.24) is 19.7 Å². The van der Waals surface area contributed by atoms with Gasteiger partial charge in [0, 0.05) is 13.1 Å². The van der Waals surface area contributed by atoms with Crippen molar-refractivity contribution in [3.05, 3.63) is 12.2 Å². The van der Waals surface area contributed by atoms with E-state index in [0.29, 0.717) is 11.8 Å². The SMILES string of the molecule is CC(C)Cn1ncnc1CN1CCCC(C(C)O)C1. The van der Waals surface area contributed by atoms with Gasteiger partial charge in [0.25, 0.3) is 0 Å². The van der Waals surface area contributed by atoms with E-state index in [2.05, 4.69) is 28.8 Å². The zero-order chi connectivity index (χ0) is 13.8. The van der Waals surface area contributed by atoms with Crippen molar-refractivity contribution in [2.24, 2.45) is 11.8 Å². The van der Waals surface area contributed by atoms with Crippen molar-refractivity contribution in [1.29, 1.82) is 0 Å². The Hall–Kier alpha value is -0.940. The first-order valence-corrected chi connectivity index (χ1v) is 7.33. The van der Waals surface area contributed by atoms with Gasteiger partial charge in [0.2, 0.25) is 0 Å². The smallest absolute Gasteiger partial charge is 0.141 e. The highest BCUT2D eigenvalue weighted by Gasteiger charge is 2.24. The molecule has 1 saturated heterocycles. The lowest BCUT2D eigenvalue weighted by Crippen LogP contribution is -2.39. The molecule has 2 unspecified atom stereocenters. The Kier molecular flexibility index (Phi) is 4.93. The highest BCUT2D eigenvalue weighted by Crippen LogP contribution is 2.20. The molecular formula is C14H26N4O. The summed E-state index contributed by atoms with van der Waals surface area (Å²) < 4.78 is 2.01. The molecule has 0 bridgehead atoms. The first-order chi connectivity index (χ1) is 9.06. The molecule has 5 nitrogen and oxygen atoms in total. The molecule has 0 saturated carbocycles. The molecule has 2 heterocycles. The Labute approximate surface area is 115 Å². The normalized spacial score (nSPS) is 22.9. The Morgan fingerprint density at radius 3 is 2.89 bits per heavy atom. The van der Waals surface area contributed by atoms with Crippen molar-refractivity contribution < 1.29 is 5.11 Å². The van der Waals surface area contributed by atoms with Crippen LogP contribution in [0.1, 0.15) is 39.4 Å². The van der Waals surface area contributed by atoms with E-state index in [9.17, 15) is 5.11 Å². The summed E-state index contributed by atoms with van der Waals surface area (Å²) in [7, 11) is 0. The van der Waals surface area contributed by atoms with E-state index in [1.165, 1.54) is 0 Å². The zero-order valence-electron chi connectivity index (χ0n) is 12.3. The van der Waals surface area contributed by atoms with E-state index in [4.69, 9.17) is 0 Å². The molecule has 0 spiro atoms. The van der Waals surface area contributed by atoms with Crippen LogP contribution in [0, 0.1) is 11.8 Å². The molecule has 1 fully saturated rings. The van der Waals surface area contributed by atoms with Crippen LogP contribution >= 0.6 is 0 Å². The van der Waals surface area contributed by atoms with Gasteiger partial charge in [-0.25, -0.2) is 9.67 Å². The minimum atomic E-state index is -0.212. The number of hydrogen-bond acceptors (Lipinski definition) is 4. The maximum Gasteiger partial charge on any atom is 0.141 e. The second-order valence-corrected chi connectivity index (χ2v) is 6.13. The maximum absolute atomic E-state index is 9.73. The molecule has 0 amide bonds. The topological polar surface area (TPSA) is 54.2 Å². The van der Waals surface area contributed by atoms with E-state index >= 15 is 0 Å². The summed E-state index contributed by atoms with van der Waals surface area (Å²) in [6.07, 6.45) is 3.73. The molecule has 1 aromatic heterocycles. The molecule has 1 N–H and O–H groups in total. The minimum absolute atomic E-state index is 0.212. The fourth-order valence-electron chi connectivity index (χ4n) is 2.74. The number of aromatic nitrogens is 3. The summed E-state index contributed by atoms with van der Waals surface area (Å²) >= 11 is 0. The predicted octanol–water partition coefficient (Wildman–Crippen LogP) is 1.53. The van der Waals surface area contributed by atoms with Gasteiger partial charge in [-0.3, -0.25) is 4.90 Å². The molecule has 1 aliphatic heterocycles. The first-order valence-electron chi connectivity index (χ1n) is 7.33. The van der Waals surface area contributed by atoms with Crippen LogP contribution in [0.15, 0.2) is 6.33 Å². The number of aliphatic hydroxyl groups excluding tert-OH is 1. The lowest BCUT2D eigenvalue weighted by atomic mass is 9.93. The lowest BCUT2D eigenvalue weighted by molar-refractivity contribution is 0.0582. The molecule has 5 heteroatoms. The maximum atomic E-state index is 9.73. The number of aliphatic hydroxyl groups is 1. The van der Waals surface area contributed by atoms with E-state index in [1.54, 1.807) is 6.33 Å². The molecule has 1 aliphatic rings. The average Bonchev–Trinajstić information content (AvgIpc) is 2.76. The van der Waals surface area contributed by atoms with Crippen LogP contribution in [-0.2, 0) is 13.1 Å².